The van der Waals surface area contributed by atoms with Crippen LogP contribution in [0.2, 0.25) is 0 Å². The van der Waals surface area contributed by atoms with Crippen molar-refractivity contribution in [2.75, 3.05) is 27.3 Å². The number of amides is 2. The first-order valence-corrected chi connectivity index (χ1v) is 9.47. The molecule has 0 spiro atoms. The summed E-state index contributed by atoms with van der Waals surface area (Å²) >= 11 is 0. The number of rotatable bonds is 8. The van der Waals surface area contributed by atoms with Crippen LogP contribution in [0.5, 0.6) is 11.5 Å². The summed E-state index contributed by atoms with van der Waals surface area (Å²) < 4.78 is 15.8. The summed E-state index contributed by atoms with van der Waals surface area (Å²) in [7, 11) is 3.24. The maximum absolute atomic E-state index is 12.8. The zero-order valence-corrected chi connectivity index (χ0v) is 16.3. The van der Waals surface area contributed by atoms with Crippen molar-refractivity contribution < 1.29 is 23.5 Å². The number of nitrogens with one attached hydrogen (secondary N) is 1. The van der Waals surface area contributed by atoms with Gasteiger partial charge in [0, 0.05) is 31.1 Å². The number of ether oxygens (including phenoxy) is 2. The molecule has 1 aliphatic heterocycles. The number of methoxy groups -OCH3 is 2. The molecule has 0 radical (unpaired) electrons. The van der Waals surface area contributed by atoms with Crippen molar-refractivity contribution in [3.05, 3.63) is 47.9 Å². The van der Waals surface area contributed by atoms with Crippen LogP contribution in [0.15, 0.2) is 41.0 Å². The molecule has 1 N–H and O–H groups in total. The SMILES string of the molecule is COc1ccc(C2CCCN2C(=O)CCCNC(=O)c2ccco2)c(OC)c1. The van der Waals surface area contributed by atoms with Crippen LogP contribution >= 0.6 is 0 Å². The number of benzene rings is 1. The molecular formula is C21H26N2O5. The summed E-state index contributed by atoms with van der Waals surface area (Å²) in [6, 6.07) is 8.99. The third-order valence-electron chi connectivity index (χ3n) is 4.97. The molecule has 1 atom stereocenters. The van der Waals surface area contributed by atoms with Crippen LogP contribution < -0.4 is 14.8 Å². The molecule has 1 saturated heterocycles. The molecule has 2 heterocycles. The summed E-state index contributed by atoms with van der Waals surface area (Å²) in [4.78, 5) is 26.5. The third-order valence-corrected chi connectivity index (χ3v) is 4.97. The highest BCUT2D eigenvalue weighted by molar-refractivity contribution is 5.91. The first-order valence-electron chi connectivity index (χ1n) is 9.47. The monoisotopic (exact) mass is 386 g/mol. The van der Waals surface area contributed by atoms with E-state index in [0.717, 1.165) is 36.4 Å². The molecule has 1 aromatic carbocycles. The summed E-state index contributed by atoms with van der Waals surface area (Å²) in [5, 5.41) is 2.77. The number of likely N-dealkylation sites (tertiary alicyclic amines) is 1. The zero-order chi connectivity index (χ0) is 19.9. The molecule has 150 valence electrons. The Morgan fingerprint density at radius 2 is 2.11 bits per heavy atom. The highest BCUT2D eigenvalue weighted by atomic mass is 16.5. The Bertz CT molecular complexity index is 803. The lowest BCUT2D eigenvalue weighted by molar-refractivity contribution is -0.132. The van der Waals surface area contributed by atoms with Gasteiger partial charge in [-0.3, -0.25) is 9.59 Å². The summed E-state index contributed by atoms with van der Waals surface area (Å²) in [6.07, 6.45) is 4.28. The smallest absolute Gasteiger partial charge is 0.286 e. The van der Waals surface area contributed by atoms with E-state index in [2.05, 4.69) is 5.32 Å². The molecule has 1 aliphatic rings. The summed E-state index contributed by atoms with van der Waals surface area (Å²) in [5.41, 5.74) is 1.00. The van der Waals surface area contributed by atoms with E-state index in [-0.39, 0.29) is 23.6 Å². The first-order chi connectivity index (χ1) is 13.6. The molecule has 0 aliphatic carbocycles. The van der Waals surface area contributed by atoms with Crippen LogP contribution in [0.4, 0.5) is 0 Å². The fourth-order valence-electron chi connectivity index (χ4n) is 3.56. The Hall–Kier alpha value is -2.96. The Kier molecular flexibility index (Phi) is 6.57. The van der Waals surface area contributed by atoms with Gasteiger partial charge in [0.15, 0.2) is 5.76 Å². The van der Waals surface area contributed by atoms with Gasteiger partial charge in [-0.2, -0.15) is 0 Å². The molecule has 3 rings (SSSR count). The Labute approximate surface area is 164 Å². The predicted octanol–water partition coefficient (Wildman–Crippen LogP) is 3.17. The van der Waals surface area contributed by atoms with E-state index < -0.39 is 0 Å². The summed E-state index contributed by atoms with van der Waals surface area (Å²) in [6.45, 7) is 1.16. The molecule has 2 aromatic rings. The second-order valence-corrected chi connectivity index (χ2v) is 6.69. The number of nitrogens with zero attached hydrogens (tertiary/aromatic N) is 1. The van der Waals surface area contributed by atoms with Crippen molar-refractivity contribution in [1.29, 1.82) is 0 Å². The molecule has 1 fully saturated rings. The maximum Gasteiger partial charge on any atom is 0.286 e. The number of carbonyl (C=O) groups excluding carboxylic acids is 2. The van der Waals surface area contributed by atoms with Gasteiger partial charge < -0.3 is 24.1 Å². The third kappa shape index (κ3) is 4.47. The van der Waals surface area contributed by atoms with Crippen LogP contribution in [0.1, 0.15) is 47.8 Å². The number of furan rings is 1. The largest absolute Gasteiger partial charge is 0.497 e. The average molecular weight is 386 g/mol. The number of hydrogen-bond acceptors (Lipinski definition) is 5. The van der Waals surface area contributed by atoms with Crippen molar-refractivity contribution in [2.24, 2.45) is 0 Å². The van der Waals surface area contributed by atoms with Crippen molar-refractivity contribution in [3.8, 4) is 11.5 Å². The maximum atomic E-state index is 12.8. The molecule has 0 saturated carbocycles. The molecule has 28 heavy (non-hydrogen) atoms. The zero-order valence-electron chi connectivity index (χ0n) is 16.3. The number of hydrogen-bond donors (Lipinski definition) is 1. The van der Waals surface area contributed by atoms with Gasteiger partial charge in [0.2, 0.25) is 5.91 Å². The molecule has 1 aromatic heterocycles. The van der Waals surface area contributed by atoms with Crippen LogP contribution in [0.25, 0.3) is 0 Å². The Balaban J connectivity index is 1.55. The lowest BCUT2D eigenvalue weighted by Crippen LogP contribution is -2.31. The molecular weight excluding hydrogens is 360 g/mol. The highest BCUT2D eigenvalue weighted by Gasteiger charge is 2.31. The number of carbonyl (C=O) groups is 2. The van der Waals surface area contributed by atoms with E-state index in [4.69, 9.17) is 13.9 Å². The van der Waals surface area contributed by atoms with Gasteiger partial charge in [0.25, 0.3) is 5.91 Å². The Morgan fingerprint density at radius 1 is 1.25 bits per heavy atom. The van der Waals surface area contributed by atoms with E-state index in [1.807, 2.05) is 23.1 Å². The van der Waals surface area contributed by atoms with Gasteiger partial charge in [0.05, 0.1) is 26.5 Å². The minimum absolute atomic E-state index is 0.00562. The molecule has 1 unspecified atom stereocenters. The summed E-state index contributed by atoms with van der Waals surface area (Å²) in [5.74, 6) is 1.56. The van der Waals surface area contributed by atoms with Gasteiger partial charge in [-0.1, -0.05) is 0 Å². The van der Waals surface area contributed by atoms with E-state index in [1.54, 1.807) is 26.4 Å². The highest BCUT2D eigenvalue weighted by Crippen LogP contribution is 2.39. The van der Waals surface area contributed by atoms with E-state index in [9.17, 15) is 9.59 Å². The predicted molar refractivity (Wildman–Crippen MR) is 104 cm³/mol. The first kappa shape index (κ1) is 19.8. The van der Waals surface area contributed by atoms with Crippen molar-refractivity contribution in [2.45, 2.75) is 31.7 Å². The van der Waals surface area contributed by atoms with Crippen LogP contribution in [-0.4, -0.2) is 44.0 Å². The second-order valence-electron chi connectivity index (χ2n) is 6.69. The molecule has 0 bridgehead atoms. The molecule has 7 nitrogen and oxygen atoms in total. The van der Waals surface area contributed by atoms with Crippen molar-refractivity contribution in [3.63, 3.8) is 0 Å². The Morgan fingerprint density at radius 3 is 2.82 bits per heavy atom. The quantitative estimate of drug-likeness (QED) is 0.705. The fourth-order valence-corrected chi connectivity index (χ4v) is 3.56. The lowest BCUT2D eigenvalue weighted by atomic mass is 10.0. The van der Waals surface area contributed by atoms with Gasteiger partial charge in [0.1, 0.15) is 11.5 Å². The topological polar surface area (TPSA) is 81.0 Å². The minimum atomic E-state index is -0.264. The van der Waals surface area contributed by atoms with Crippen molar-refractivity contribution >= 4 is 11.8 Å². The molecule has 7 heteroatoms. The second kappa shape index (κ2) is 9.30. The van der Waals surface area contributed by atoms with Crippen LogP contribution in [-0.2, 0) is 4.79 Å². The van der Waals surface area contributed by atoms with Gasteiger partial charge in [-0.05, 0) is 43.5 Å². The van der Waals surface area contributed by atoms with Gasteiger partial charge in [-0.25, -0.2) is 0 Å². The normalized spacial score (nSPS) is 16.1. The van der Waals surface area contributed by atoms with E-state index >= 15 is 0 Å². The van der Waals surface area contributed by atoms with Gasteiger partial charge >= 0.3 is 0 Å². The van der Waals surface area contributed by atoms with E-state index in [1.165, 1.54) is 6.26 Å². The van der Waals surface area contributed by atoms with Crippen molar-refractivity contribution in [1.82, 2.24) is 10.2 Å². The lowest BCUT2D eigenvalue weighted by Gasteiger charge is -2.26. The minimum Gasteiger partial charge on any atom is -0.497 e. The van der Waals surface area contributed by atoms with Gasteiger partial charge in [-0.15, -0.1) is 0 Å². The van der Waals surface area contributed by atoms with E-state index in [0.29, 0.717) is 19.4 Å². The van der Waals surface area contributed by atoms with Crippen LogP contribution in [0.3, 0.4) is 0 Å². The molecule has 2 amide bonds. The average Bonchev–Trinajstić information content (AvgIpc) is 3.42. The fraction of sp³-hybridized carbons (Fsp3) is 0.429. The standard InChI is InChI=1S/C21H26N2O5/c1-26-15-9-10-16(19(14-15)27-2)17-6-4-12-23(17)20(24)8-3-11-22-21(25)18-7-5-13-28-18/h5,7,9-10,13-14,17H,3-4,6,8,11-12H2,1-2H3,(H,22,25). The van der Waals surface area contributed by atoms with Crippen LogP contribution in [0, 0.1) is 0 Å².